The fourth-order valence-electron chi connectivity index (χ4n) is 3.39. The lowest BCUT2D eigenvalue weighted by molar-refractivity contribution is -0.121. The number of phenolic OH excluding ortho intramolecular Hbond substituents is 1. The van der Waals surface area contributed by atoms with Gasteiger partial charge in [-0.05, 0) is 44.0 Å². The van der Waals surface area contributed by atoms with Gasteiger partial charge in [0.2, 0.25) is 5.91 Å². The van der Waals surface area contributed by atoms with Crippen LogP contribution in [0.15, 0.2) is 36.4 Å². The van der Waals surface area contributed by atoms with E-state index in [1.54, 1.807) is 11.8 Å². The van der Waals surface area contributed by atoms with E-state index in [-0.39, 0.29) is 34.9 Å². The molecule has 1 heterocycles. The third-order valence-electron chi connectivity index (χ3n) is 5.14. The third-order valence-corrected chi connectivity index (χ3v) is 5.37. The standard InChI is InChI=1S/C21H22ClF2N3O3/c1-12(16-4-3-15(23)11-17(16)24)25-21(30)27-8-6-13(7-9-27)20(29)26-18-10-14(22)2-5-19(18)28/h2-5,10-13,28H,6-9H2,1H3,(H,25,30)(H,26,29). The molecule has 1 aliphatic heterocycles. The summed E-state index contributed by atoms with van der Waals surface area (Å²) in [6, 6.07) is 6.59. The van der Waals surface area contributed by atoms with Gasteiger partial charge in [0, 0.05) is 35.7 Å². The summed E-state index contributed by atoms with van der Waals surface area (Å²) < 4.78 is 26.9. The molecule has 1 aliphatic rings. The Bertz CT molecular complexity index is 949. The lowest BCUT2D eigenvalue weighted by atomic mass is 9.96. The first-order valence-electron chi connectivity index (χ1n) is 9.54. The molecule has 0 aliphatic carbocycles. The van der Waals surface area contributed by atoms with Crippen molar-refractivity contribution in [3.63, 3.8) is 0 Å². The second kappa shape index (κ2) is 9.30. The van der Waals surface area contributed by atoms with Crippen molar-refractivity contribution in [3.8, 4) is 5.75 Å². The summed E-state index contributed by atoms with van der Waals surface area (Å²) in [6.45, 7) is 2.32. The molecule has 9 heteroatoms. The number of piperidine rings is 1. The fraction of sp³-hybridized carbons (Fsp3) is 0.333. The minimum atomic E-state index is -0.720. The molecule has 3 N–H and O–H groups in total. The molecule has 30 heavy (non-hydrogen) atoms. The number of carbonyl (C=O) groups excluding carboxylic acids is 2. The van der Waals surface area contributed by atoms with Crippen LogP contribution in [0.5, 0.6) is 5.75 Å². The Morgan fingerprint density at radius 2 is 1.87 bits per heavy atom. The topological polar surface area (TPSA) is 81.7 Å². The van der Waals surface area contributed by atoms with E-state index in [0.29, 0.717) is 31.0 Å². The molecule has 2 aromatic rings. The van der Waals surface area contributed by atoms with E-state index in [1.165, 1.54) is 24.3 Å². The van der Waals surface area contributed by atoms with Crippen LogP contribution in [0.4, 0.5) is 19.3 Å². The Hall–Kier alpha value is -2.87. The van der Waals surface area contributed by atoms with Crippen LogP contribution in [-0.2, 0) is 4.79 Å². The number of halogens is 3. The highest BCUT2D eigenvalue weighted by atomic mass is 35.5. The minimum absolute atomic E-state index is 0.0772. The van der Waals surface area contributed by atoms with E-state index in [9.17, 15) is 23.5 Å². The molecule has 0 radical (unpaired) electrons. The van der Waals surface area contributed by atoms with E-state index >= 15 is 0 Å². The summed E-state index contributed by atoms with van der Waals surface area (Å²) in [5.41, 5.74) is 0.433. The molecule has 1 saturated heterocycles. The number of nitrogens with zero attached hydrogens (tertiary/aromatic N) is 1. The third kappa shape index (κ3) is 5.18. The van der Waals surface area contributed by atoms with Crippen molar-refractivity contribution < 1.29 is 23.5 Å². The highest BCUT2D eigenvalue weighted by Crippen LogP contribution is 2.28. The monoisotopic (exact) mass is 437 g/mol. The summed E-state index contributed by atoms with van der Waals surface area (Å²) in [4.78, 5) is 26.5. The quantitative estimate of drug-likeness (QED) is 0.618. The predicted octanol–water partition coefficient (Wildman–Crippen LogP) is 4.45. The Balaban J connectivity index is 1.52. The average Bonchev–Trinajstić information content (AvgIpc) is 2.70. The first kappa shape index (κ1) is 21.8. The van der Waals surface area contributed by atoms with E-state index in [4.69, 9.17) is 11.6 Å². The van der Waals surface area contributed by atoms with E-state index in [0.717, 1.165) is 12.1 Å². The van der Waals surface area contributed by atoms with Gasteiger partial charge in [-0.15, -0.1) is 0 Å². The number of carbonyl (C=O) groups is 2. The van der Waals surface area contributed by atoms with Gasteiger partial charge in [-0.2, -0.15) is 0 Å². The van der Waals surface area contributed by atoms with Gasteiger partial charge >= 0.3 is 6.03 Å². The number of hydrogen-bond donors (Lipinski definition) is 3. The Morgan fingerprint density at radius 3 is 2.53 bits per heavy atom. The molecular weight excluding hydrogens is 416 g/mol. The highest BCUT2D eigenvalue weighted by molar-refractivity contribution is 6.31. The van der Waals surface area contributed by atoms with Crippen LogP contribution in [0.1, 0.15) is 31.4 Å². The molecule has 3 amide bonds. The summed E-state index contributed by atoms with van der Waals surface area (Å²) in [6.07, 6.45) is 0.889. The van der Waals surface area contributed by atoms with Crippen LogP contribution < -0.4 is 10.6 Å². The normalized spacial score (nSPS) is 15.5. The maximum atomic E-state index is 13.9. The first-order valence-corrected chi connectivity index (χ1v) is 9.92. The largest absolute Gasteiger partial charge is 0.506 e. The molecule has 2 aromatic carbocycles. The molecule has 3 rings (SSSR count). The Morgan fingerprint density at radius 1 is 1.17 bits per heavy atom. The molecule has 1 atom stereocenters. The zero-order valence-corrected chi connectivity index (χ0v) is 17.0. The van der Waals surface area contributed by atoms with Gasteiger partial charge in [-0.3, -0.25) is 4.79 Å². The number of phenols is 1. The number of hydrogen-bond acceptors (Lipinski definition) is 3. The molecular formula is C21H22ClF2N3O3. The molecule has 0 bridgehead atoms. The van der Waals surface area contributed by atoms with Gasteiger partial charge in [-0.1, -0.05) is 17.7 Å². The van der Waals surface area contributed by atoms with Crippen LogP contribution in [0.3, 0.4) is 0 Å². The van der Waals surface area contributed by atoms with Crippen LogP contribution in [0.25, 0.3) is 0 Å². The number of benzene rings is 2. The highest BCUT2D eigenvalue weighted by Gasteiger charge is 2.28. The summed E-state index contributed by atoms with van der Waals surface area (Å²) in [5.74, 6) is -2.05. The molecule has 0 spiro atoms. The van der Waals surface area contributed by atoms with Crippen molar-refractivity contribution in [1.29, 1.82) is 0 Å². The molecule has 160 valence electrons. The van der Waals surface area contributed by atoms with E-state index < -0.39 is 17.7 Å². The smallest absolute Gasteiger partial charge is 0.317 e. The van der Waals surface area contributed by atoms with Crippen molar-refractivity contribution in [3.05, 3.63) is 58.6 Å². The number of likely N-dealkylation sites (tertiary alicyclic amines) is 1. The van der Waals surface area contributed by atoms with Gasteiger partial charge in [0.15, 0.2) is 0 Å². The fourth-order valence-corrected chi connectivity index (χ4v) is 3.57. The Kier molecular flexibility index (Phi) is 6.77. The number of urea groups is 1. The molecule has 1 fully saturated rings. The van der Waals surface area contributed by atoms with Gasteiger partial charge in [0.25, 0.3) is 0 Å². The zero-order valence-electron chi connectivity index (χ0n) is 16.3. The van der Waals surface area contributed by atoms with Gasteiger partial charge < -0.3 is 20.6 Å². The second-order valence-corrected chi connectivity index (χ2v) is 7.69. The number of nitrogens with one attached hydrogen (secondary N) is 2. The molecule has 1 unspecified atom stereocenters. The van der Waals surface area contributed by atoms with Crippen LogP contribution >= 0.6 is 11.6 Å². The Labute approximate surface area is 177 Å². The average molecular weight is 438 g/mol. The van der Waals surface area contributed by atoms with Crippen LogP contribution in [-0.4, -0.2) is 35.0 Å². The summed E-state index contributed by atoms with van der Waals surface area (Å²) >= 11 is 5.89. The summed E-state index contributed by atoms with van der Waals surface area (Å²) in [5, 5.41) is 15.6. The van der Waals surface area contributed by atoms with Gasteiger partial charge in [-0.25, -0.2) is 13.6 Å². The molecule has 0 aromatic heterocycles. The maximum Gasteiger partial charge on any atom is 0.317 e. The van der Waals surface area contributed by atoms with Crippen molar-refractivity contribution in [2.24, 2.45) is 5.92 Å². The number of amides is 3. The van der Waals surface area contributed by atoms with Crippen LogP contribution in [0, 0.1) is 17.6 Å². The number of rotatable bonds is 4. The number of anilines is 1. The molecule has 6 nitrogen and oxygen atoms in total. The number of aromatic hydroxyl groups is 1. The van der Waals surface area contributed by atoms with Gasteiger partial charge in [0.1, 0.15) is 17.4 Å². The molecule has 0 saturated carbocycles. The maximum absolute atomic E-state index is 13.9. The van der Waals surface area contributed by atoms with Crippen molar-refractivity contribution in [2.45, 2.75) is 25.8 Å². The van der Waals surface area contributed by atoms with Crippen LogP contribution in [0.2, 0.25) is 5.02 Å². The van der Waals surface area contributed by atoms with E-state index in [2.05, 4.69) is 10.6 Å². The van der Waals surface area contributed by atoms with Crippen molar-refractivity contribution in [2.75, 3.05) is 18.4 Å². The predicted molar refractivity (Wildman–Crippen MR) is 109 cm³/mol. The second-order valence-electron chi connectivity index (χ2n) is 7.25. The van der Waals surface area contributed by atoms with Crippen molar-refractivity contribution >= 4 is 29.2 Å². The van der Waals surface area contributed by atoms with E-state index in [1.807, 2.05) is 0 Å². The van der Waals surface area contributed by atoms with Crippen molar-refractivity contribution in [1.82, 2.24) is 10.2 Å². The van der Waals surface area contributed by atoms with Gasteiger partial charge in [0.05, 0.1) is 11.7 Å². The zero-order chi connectivity index (χ0) is 21.8. The minimum Gasteiger partial charge on any atom is -0.506 e. The first-order chi connectivity index (χ1) is 14.2. The summed E-state index contributed by atoms with van der Waals surface area (Å²) in [7, 11) is 0. The lowest BCUT2D eigenvalue weighted by Gasteiger charge is -2.32. The SMILES string of the molecule is CC(NC(=O)N1CCC(C(=O)Nc2cc(Cl)ccc2O)CC1)c1ccc(F)cc1F. The lowest BCUT2D eigenvalue weighted by Crippen LogP contribution is -2.46.